The van der Waals surface area contributed by atoms with E-state index in [0.717, 1.165) is 36.0 Å². The molecule has 4 rings (SSSR count). The number of hydrogen-bond acceptors (Lipinski definition) is 5. The number of halogens is 1. The molecule has 3 aromatic heterocycles. The van der Waals surface area contributed by atoms with E-state index < -0.39 is 0 Å². The lowest BCUT2D eigenvalue weighted by Crippen LogP contribution is -2.43. The Bertz CT molecular complexity index is 1050. The van der Waals surface area contributed by atoms with Crippen LogP contribution in [0.3, 0.4) is 0 Å². The van der Waals surface area contributed by atoms with E-state index in [2.05, 4.69) is 26.2 Å². The average Bonchev–Trinajstić information content (AvgIpc) is 3.33. The lowest BCUT2D eigenvalue weighted by Gasteiger charge is -2.24. The number of rotatable bonds is 4. The predicted octanol–water partition coefficient (Wildman–Crippen LogP) is 2.88. The molecule has 140 valence electrons. The topological polar surface area (TPSA) is 86.8 Å². The molecular weight excluding hydrogens is 364 g/mol. The van der Waals surface area contributed by atoms with Crippen molar-refractivity contribution < 1.29 is 7.65 Å². The minimum absolute atomic E-state index is 0. The van der Waals surface area contributed by atoms with E-state index in [4.69, 9.17) is 23.0 Å². The standard InChI is InChI=1S/C19H17ClN6O.2H2/c1-2-6-22-19(27)15-4-3-8-26(15)16-5-7-21-18(25-16)14-11-24-17-13(14)9-12(20)10-23-17;;/h1,5,7,9-11,15H,3-4,6,8H2,(H,22,27)(H,23,24);2*1H/t15-;;/m1../s1. The van der Waals surface area contributed by atoms with E-state index in [-0.39, 0.29) is 21.3 Å². The highest BCUT2D eigenvalue weighted by Gasteiger charge is 2.31. The van der Waals surface area contributed by atoms with Crippen LogP contribution in [0, 0.1) is 12.3 Å². The fourth-order valence-electron chi connectivity index (χ4n) is 3.37. The van der Waals surface area contributed by atoms with Gasteiger partial charge in [0.05, 0.1) is 11.6 Å². The quantitative estimate of drug-likeness (QED) is 0.675. The summed E-state index contributed by atoms with van der Waals surface area (Å²) in [6.45, 7) is 0.979. The zero-order valence-electron chi connectivity index (χ0n) is 14.4. The van der Waals surface area contributed by atoms with Gasteiger partial charge in [-0.1, -0.05) is 17.5 Å². The molecule has 0 aromatic carbocycles. The number of fused-ring (bicyclic) bond motifs is 1. The summed E-state index contributed by atoms with van der Waals surface area (Å²) in [7, 11) is 0. The number of terminal acetylenes is 1. The number of hydrogen-bond donors (Lipinski definition) is 2. The van der Waals surface area contributed by atoms with E-state index in [0.29, 0.717) is 16.7 Å². The second kappa shape index (κ2) is 7.25. The van der Waals surface area contributed by atoms with Gasteiger partial charge in [0.15, 0.2) is 5.82 Å². The highest BCUT2D eigenvalue weighted by atomic mass is 35.5. The lowest BCUT2D eigenvalue weighted by molar-refractivity contribution is -0.121. The number of carbonyl (C=O) groups excluding carboxylic acids is 1. The summed E-state index contributed by atoms with van der Waals surface area (Å²) < 4.78 is 0. The number of pyridine rings is 1. The van der Waals surface area contributed by atoms with Crippen LogP contribution in [-0.2, 0) is 4.79 Å². The Morgan fingerprint density at radius 3 is 3.26 bits per heavy atom. The van der Waals surface area contributed by atoms with Crippen LogP contribution >= 0.6 is 11.6 Å². The third-order valence-corrected chi connectivity index (χ3v) is 4.80. The Labute approximate surface area is 164 Å². The van der Waals surface area contributed by atoms with E-state index in [1.54, 1.807) is 12.4 Å². The zero-order valence-corrected chi connectivity index (χ0v) is 15.2. The zero-order chi connectivity index (χ0) is 18.8. The van der Waals surface area contributed by atoms with E-state index in [9.17, 15) is 4.79 Å². The molecule has 0 radical (unpaired) electrons. The summed E-state index contributed by atoms with van der Waals surface area (Å²) in [5, 5.41) is 4.16. The molecule has 0 unspecified atom stereocenters. The van der Waals surface area contributed by atoms with Crippen molar-refractivity contribution in [2.45, 2.75) is 18.9 Å². The molecular formula is C19H21ClN6O. The first-order valence-electron chi connectivity index (χ1n) is 8.61. The molecule has 1 saturated heterocycles. The highest BCUT2D eigenvalue weighted by molar-refractivity contribution is 6.31. The van der Waals surface area contributed by atoms with Crippen molar-refractivity contribution in [3.8, 4) is 23.7 Å². The normalized spacial score (nSPS) is 16.4. The molecule has 0 bridgehead atoms. The van der Waals surface area contributed by atoms with Crippen LogP contribution in [0.5, 0.6) is 0 Å². The van der Waals surface area contributed by atoms with Gasteiger partial charge in [-0.15, -0.1) is 6.42 Å². The second-order valence-electron chi connectivity index (χ2n) is 6.26. The molecule has 0 saturated carbocycles. The van der Waals surface area contributed by atoms with Crippen LogP contribution in [0.25, 0.3) is 22.4 Å². The molecule has 1 aliphatic heterocycles. The molecule has 1 atom stereocenters. The maximum absolute atomic E-state index is 12.4. The van der Waals surface area contributed by atoms with Crippen LogP contribution in [0.2, 0.25) is 5.02 Å². The summed E-state index contributed by atoms with van der Waals surface area (Å²) >= 11 is 6.08. The molecule has 7 nitrogen and oxygen atoms in total. The summed E-state index contributed by atoms with van der Waals surface area (Å²) in [5.74, 6) is 3.62. The average molecular weight is 385 g/mol. The smallest absolute Gasteiger partial charge is 0.243 e. The van der Waals surface area contributed by atoms with Gasteiger partial charge in [0.1, 0.15) is 17.5 Å². The maximum atomic E-state index is 12.4. The summed E-state index contributed by atoms with van der Waals surface area (Å²) in [5.41, 5.74) is 1.53. The third kappa shape index (κ3) is 3.32. The maximum Gasteiger partial charge on any atom is 0.243 e. The Balaban J connectivity index is 0.00000150. The van der Waals surface area contributed by atoms with Gasteiger partial charge in [-0.3, -0.25) is 4.79 Å². The molecule has 1 amide bonds. The molecule has 2 N–H and O–H groups in total. The first-order chi connectivity index (χ1) is 13.2. The van der Waals surface area contributed by atoms with Gasteiger partial charge in [-0.25, -0.2) is 15.0 Å². The predicted molar refractivity (Wildman–Crippen MR) is 109 cm³/mol. The second-order valence-corrected chi connectivity index (χ2v) is 6.70. The van der Waals surface area contributed by atoms with Crippen molar-refractivity contribution in [2.75, 3.05) is 18.0 Å². The van der Waals surface area contributed by atoms with Gasteiger partial charge in [0.2, 0.25) is 5.91 Å². The fraction of sp³-hybridized carbons (Fsp3) is 0.263. The number of H-pyrrole nitrogens is 1. The summed E-state index contributed by atoms with van der Waals surface area (Å²) in [6.07, 6.45) is 12.0. The minimum Gasteiger partial charge on any atom is -0.345 e. The SMILES string of the molecule is C#CCNC(=O)[C@H]1CCCN1c1ccnc(-c2c[nH]c3ncc(Cl)cc23)n1.[HH].[HH]. The minimum atomic E-state index is -0.278. The van der Waals surface area contributed by atoms with Crippen LogP contribution in [0.1, 0.15) is 15.7 Å². The third-order valence-electron chi connectivity index (χ3n) is 4.59. The summed E-state index contributed by atoms with van der Waals surface area (Å²) in [6, 6.07) is 3.37. The number of carbonyl (C=O) groups is 1. The number of aromatic amines is 1. The molecule has 1 fully saturated rings. The number of anilines is 1. The summed E-state index contributed by atoms with van der Waals surface area (Å²) in [4.78, 5) is 30.9. The first kappa shape index (κ1) is 17.3. The molecule has 1 aliphatic rings. The van der Waals surface area contributed by atoms with Crippen LogP contribution in [-0.4, -0.2) is 45.0 Å². The number of nitrogens with one attached hydrogen (secondary N) is 2. The number of nitrogens with zero attached hydrogens (tertiary/aromatic N) is 4. The number of amides is 1. The molecule has 3 aromatic rings. The molecule has 4 heterocycles. The van der Waals surface area contributed by atoms with Gasteiger partial charge >= 0.3 is 0 Å². The monoisotopic (exact) mass is 384 g/mol. The van der Waals surface area contributed by atoms with Crippen molar-refractivity contribution in [1.82, 2.24) is 25.3 Å². The van der Waals surface area contributed by atoms with E-state index in [1.807, 2.05) is 23.2 Å². The van der Waals surface area contributed by atoms with Gasteiger partial charge in [0, 0.05) is 38.9 Å². The van der Waals surface area contributed by atoms with Crippen LogP contribution in [0.15, 0.2) is 30.7 Å². The fourth-order valence-corrected chi connectivity index (χ4v) is 3.53. The molecule has 0 aliphatic carbocycles. The van der Waals surface area contributed by atoms with Crippen molar-refractivity contribution in [1.29, 1.82) is 0 Å². The van der Waals surface area contributed by atoms with Crippen molar-refractivity contribution in [3.05, 3.63) is 35.7 Å². The first-order valence-corrected chi connectivity index (χ1v) is 8.99. The lowest BCUT2D eigenvalue weighted by atomic mass is 10.2. The van der Waals surface area contributed by atoms with Crippen molar-refractivity contribution in [3.63, 3.8) is 0 Å². The van der Waals surface area contributed by atoms with E-state index in [1.165, 1.54) is 0 Å². The van der Waals surface area contributed by atoms with Crippen molar-refractivity contribution in [2.24, 2.45) is 0 Å². The van der Waals surface area contributed by atoms with Gasteiger partial charge in [0.25, 0.3) is 0 Å². The van der Waals surface area contributed by atoms with Crippen LogP contribution in [0.4, 0.5) is 5.82 Å². The van der Waals surface area contributed by atoms with Gasteiger partial charge in [-0.05, 0) is 25.0 Å². The van der Waals surface area contributed by atoms with E-state index >= 15 is 0 Å². The number of aromatic nitrogens is 4. The molecule has 0 spiro atoms. The van der Waals surface area contributed by atoms with Gasteiger partial charge in [-0.2, -0.15) is 0 Å². The highest BCUT2D eigenvalue weighted by Crippen LogP contribution is 2.30. The Morgan fingerprint density at radius 2 is 2.41 bits per heavy atom. The van der Waals surface area contributed by atoms with Gasteiger partial charge < -0.3 is 15.2 Å². The Morgan fingerprint density at radius 1 is 1.52 bits per heavy atom. The molecule has 8 heteroatoms. The Kier molecular flexibility index (Phi) is 4.65. The Hall–Kier alpha value is -3.11. The largest absolute Gasteiger partial charge is 0.345 e. The van der Waals surface area contributed by atoms with Crippen molar-refractivity contribution >= 4 is 34.4 Å². The van der Waals surface area contributed by atoms with Crippen LogP contribution < -0.4 is 10.2 Å². The molecule has 27 heavy (non-hydrogen) atoms.